The van der Waals surface area contributed by atoms with Crippen molar-refractivity contribution in [3.05, 3.63) is 33.9 Å². The standard InChI is InChI=1S/C12H14N2O5/c1-8-3-4-10(14(18)19)7-11(8)13(9(2)15)6-5-12(16)17/h3-4,7H,5-6H2,1-2H3,(H,16,17). The number of amides is 1. The van der Waals surface area contributed by atoms with Crippen LogP contribution in [0, 0.1) is 17.0 Å². The molecule has 102 valence electrons. The Morgan fingerprint density at radius 2 is 2.05 bits per heavy atom. The first kappa shape index (κ1) is 14.6. The lowest BCUT2D eigenvalue weighted by Gasteiger charge is -2.22. The number of aliphatic carboxylic acids is 1. The van der Waals surface area contributed by atoms with Crippen molar-refractivity contribution in [1.82, 2.24) is 0 Å². The van der Waals surface area contributed by atoms with Crippen molar-refractivity contribution in [2.24, 2.45) is 0 Å². The normalized spacial score (nSPS) is 10.0. The van der Waals surface area contributed by atoms with Crippen molar-refractivity contribution in [2.45, 2.75) is 20.3 Å². The van der Waals surface area contributed by atoms with Crippen LogP contribution in [0.5, 0.6) is 0 Å². The number of carboxylic acids is 1. The molecular formula is C12H14N2O5. The number of nitro groups is 1. The van der Waals surface area contributed by atoms with E-state index in [0.29, 0.717) is 11.3 Å². The van der Waals surface area contributed by atoms with Crippen LogP contribution in [-0.4, -0.2) is 28.5 Å². The summed E-state index contributed by atoms with van der Waals surface area (Å²) >= 11 is 0. The van der Waals surface area contributed by atoms with E-state index in [1.807, 2.05) is 0 Å². The van der Waals surface area contributed by atoms with Gasteiger partial charge in [0.15, 0.2) is 0 Å². The van der Waals surface area contributed by atoms with E-state index in [0.717, 1.165) is 0 Å². The number of aryl methyl sites for hydroxylation is 1. The van der Waals surface area contributed by atoms with E-state index in [1.54, 1.807) is 6.92 Å². The highest BCUT2D eigenvalue weighted by Gasteiger charge is 2.18. The molecular weight excluding hydrogens is 252 g/mol. The number of anilines is 1. The molecule has 1 aromatic carbocycles. The summed E-state index contributed by atoms with van der Waals surface area (Å²) in [6, 6.07) is 4.15. The largest absolute Gasteiger partial charge is 0.481 e. The minimum absolute atomic E-state index is 0.0212. The Bertz CT molecular complexity index is 527. The summed E-state index contributed by atoms with van der Waals surface area (Å²) in [6.45, 7) is 2.97. The van der Waals surface area contributed by atoms with Gasteiger partial charge < -0.3 is 10.0 Å². The van der Waals surface area contributed by atoms with Crippen molar-refractivity contribution in [3.8, 4) is 0 Å². The van der Waals surface area contributed by atoms with Gasteiger partial charge in [-0.05, 0) is 12.5 Å². The molecule has 0 aliphatic heterocycles. The van der Waals surface area contributed by atoms with E-state index >= 15 is 0 Å². The molecule has 0 radical (unpaired) electrons. The molecule has 0 atom stereocenters. The third kappa shape index (κ3) is 3.77. The van der Waals surface area contributed by atoms with Gasteiger partial charge >= 0.3 is 5.97 Å². The first-order valence-corrected chi connectivity index (χ1v) is 5.58. The van der Waals surface area contributed by atoms with Gasteiger partial charge in [-0.2, -0.15) is 0 Å². The number of nitrogens with zero attached hydrogens (tertiary/aromatic N) is 2. The van der Waals surface area contributed by atoms with Crippen molar-refractivity contribution in [3.63, 3.8) is 0 Å². The SMILES string of the molecule is CC(=O)N(CCC(=O)O)c1cc([N+](=O)[O-])ccc1C. The second-order valence-corrected chi connectivity index (χ2v) is 4.04. The first-order valence-electron chi connectivity index (χ1n) is 5.58. The van der Waals surface area contributed by atoms with Gasteiger partial charge in [-0.1, -0.05) is 6.07 Å². The number of benzene rings is 1. The lowest BCUT2D eigenvalue weighted by molar-refractivity contribution is -0.384. The molecule has 1 rings (SSSR count). The fourth-order valence-corrected chi connectivity index (χ4v) is 1.66. The van der Waals surface area contributed by atoms with Gasteiger partial charge in [0.1, 0.15) is 0 Å². The number of carboxylic acid groups (broad SMARTS) is 1. The van der Waals surface area contributed by atoms with Crippen LogP contribution < -0.4 is 4.90 Å². The van der Waals surface area contributed by atoms with E-state index in [2.05, 4.69) is 0 Å². The van der Waals surface area contributed by atoms with Crippen LogP contribution in [0.15, 0.2) is 18.2 Å². The fraction of sp³-hybridized carbons (Fsp3) is 0.333. The smallest absolute Gasteiger partial charge is 0.305 e. The lowest BCUT2D eigenvalue weighted by atomic mass is 10.1. The highest BCUT2D eigenvalue weighted by molar-refractivity contribution is 5.93. The Labute approximate surface area is 109 Å². The predicted octanol–water partition coefficient (Wildman–Crippen LogP) is 1.73. The van der Waals surface area contributed by atoms with Crippen molar-refractivity contribution < 1.29 is 19.6 Å². The van der Waals surface area contributed by atoms with Gasteiger partial charge in [-0.25, -0.2) is 0 Å². The minimum Gasteiger partial charge on any atom is -0.481 e. The minimum atomic E-state index is -1.03. The number of carbonyl (C=O) groups excluding carboxylic acids is 1. The van der Waals surface area contributed by atoms with Crippen LogP contribution >= 0.6 is 0 Å². The molecule has 0 saturated carbocycles. The molecule has 0 bridgehead atoms. The molecule has 0 aliphatic carbocycles. The summed E-state index contributed by atoms with van der Waals surface area (Å²) in [4.78, 5) is 33.5. The molecule has 0 spiro atoms. The van der Waals surface area contributed by atoms with E-state index < -0.39 is 10.9 Å². The second kappa shape index (κ2) is 5.94. The average molecular weight is 266 g/mol. The second-order valence-electron chi connectivity index (χ2n) is 4.04. The molecule has 0 aromatic heterocycles. The highest BCUT2D eigenvalue weighted by Crippen LogP contribution is 2.26. The molecule has 0 aliphatic rings. The Morgan fingerprint density at radius 3 is 2.53 bits per heavy atom. The fourth-order valence-electron chi connectivity index (χ4n) is 1.66. The first-order chi connectivity index (χ1) is 8.82. The van der Waals surface area contributed by atoms with Crippen LogP contribution in [0.25, 0.3) is 0 Å². The zero-order valence-electron chi connectivity index (χ0n) is 10.6. The number of non-ortho nitro benzene ring substituents is 1. The average Bonchev–Trinajstić information content (AvgIpc) is 2.30. The van der Waals surface area contributed by atoms with Crippen LogP contribution in [-0.2, 0) is 9.59 Å². The van der Waals surface area contributed by atoms with Crippen molar-refractivity contribution in [2.75, 3.05) is 11.4 Å². The number of rotatable bonds is 5. The third-order valence-electron chi connectivity index (χ3n) is 2.62. The monoisotopic (exact) mass is 266 g/mol. The van der Waals surface area contributed by atoms with Gasteiger partial charge in [0.05, 0.1) is 17.0 Å². The molecule has 1 amide bonds. The predicted molar refractivity (Wildman–Crippen MR) is 68.1 cm³/mol. The van der Waals surface area contributed by atoms with Gasteiger partial charge in [-0.15, -0.1) is 0 Å². The molecule has 1 aromatic rings. The van der Waals surface area contributed by atoms with E-state index in [1.165, 1.54) is 30.0 Å². The Kier molecular flexibility index (Phi) is 4.57. The van der Waals surface area contributed by atoms with Gasteiger partial charge in [0.2, 0.25) is 5.91 Å². The van der Waals surface area contributed by atoms with Crippen LogP contribution in [0.4, 0.5) is 11.4 Å². The van der Waals surface area contributed by atoms with Gasteiger partial charge in [0, 0.05) is 25.6 Å². The number of nitro benzene ring substituents is 1. The van der Waals surface area contributed by atoms with Gasteiger partial charge in [-0.3, -0.25) is 19.7 Å². The summed E-state index contributed by atoms with van der Waals surface area (Å²) in [5, 5.41) is 19.4. The highest BCUT2D eigenvalue weighted by atomic mass is 16.6. The molecule has 0 heterocycles. The molecule has 0 saturated heterocycles. The Morgan fingerprint density at radius 1 is 1.42 bits per heavy atom. The molecule has 7 heteroatoms. The van der Waals surface area contributed by atoms with E-state index in [4.69, 9.17) is 5.11 Å². The molecule has 19 heavy (non-hydrogen) atoms. The van der Waals surface area contributed by atoms with E-state index in [-0.39, 0.29) is 24.6 Å². The summed E-state index contributed by atoms with van der Waals surface area (Å²) < 4.78 is 0. The summed E-state index contributed by atoms with van der Waals surface area (Å²) in [7, 11) is 0. The quantitative estimate of drug-likeness (QED) is 0.646. The molecule has 7 nitrogen and oxygen atoms in total. The van der Waals surface area contributed by atoms with Gasteiger partial charge in [0.25, 0.3) is 5.69 Å². The third-order valence-corrected chi connectivity index (χ3v) is 2.62. The Balaban J connectivity index is 3.14. The van der Waals surface area contributed by atoms with Crippen molar-refractivity contribution in [1.29, 1.82) is 0 Å². The Hall–Kier alpha value is -2.44. The molecule has 0 fully saturated rings. The number of hydrogen-bond donors (Lipinski definition) is 1. The maximum atomic E-state index is 11.6. The molecule has 1 N–H and O–H groups in total. The van der Waals surface area contributed by atoms with Crippen LogP contribution in [0.1, 0.15) is 18.9 Å². The van der Waals surface area contributed by atoms with Crippen LogP contribution in [0.3, 0.4) is 0 Å². The van der Waals surface area contributed by atoms with Crippen LogP contribution in [0.2, 0.25) is 0 Å². The zero-order valence-corrected chi connectivity index (χ0v) is 10.6. The maximum absolute atomic E-state index is 11.6. The zero-order chi connectivity index (χ0) is 14.6. The number of carbonyl (C=O) groups is 2. The van der Waals surface area contributed by atoms with Crippen molar-refractivity contribution >= 4 is 23.3 Å². The number of hydrogen-bond acceptors (Lipinski definition) is 4. The topological polar surface area (TPSA) is 101 Å². The summed E-state index contributed by atoms with van der Waals surface area (Å²) in [6.07, 6.45) is -0.221. The summed E-state index contributed by atoms with van der Waals surface area (Å²) in [5.74, 6) is -1.39. The lowest BCUT2D eigenvalue weighted by Crippen LogP contribution is -2.31. The summed E-state index contributed by atoms with van der Waals surface area (Å²) in [5.41, 5.74) is 0.899. The maximum Gasteiger partial charge on any atom is 0.305 e. The molecule has 0 unspecified atom stereocenters. The van der Waals surface area contributed by atoms with E-state index in [9.17, 15) is 19.7 Å².